The minimum atomic E-state index is -1.13. The number of aromatic nitrogens is 4. The number of nitrogens with two attached hydrogens (primary N) is 1. The van der Waals surface area contributed by atoms with E-state index in [2.05, 4.69) is 41.5 Å². The van der Waals surface area contributed by atoms with Crippen molar-refractivity contribution in [2.45, 2.75) is 97.7 Å². The average molecular weight is 1140 g/mol. The molecule has 2 atom stereocenters. The molecule has 0 spiro atoms. The largest absolute Gasteiger partial charge is 0.493 e. The lowest BCUT2D eigenvalue weighted by molar-refractivity contribution is -0.149. The van der Waals surface area contributed by atoms with Crippen LogP contribution in [0, 0.1) is 0 Å². The summed E-state index contributed by atoms with van der Waals surface area (Å²) in [6, 6.07) is 9.68. The third kappa shape index (κ3) is 24.4. The van der Waals surface area contributed by atoms with Crippen LogP contribution in [0.3, 0.4) is 0 Å². The van der Waals surface area contributed by atoms with Crippen LogP contribution < -0.4 is 46.5 Å². The van der Waals surface area contributed by atoms with Crippen molar-refractivity contribution in [1.82, 2.24) is 46.1 Å². The van der Waals surface area contributed by atoms with E-state index in [1.807, 2.05) is 6.92 Å². The molecule has 8 N–H and O–H groups in total. The number of nitrogen functional groups attached to an aromatic ring is 1. The first-order valence-corrected chi connectivity index (χ1v) is 27.1. The van der Waals surface area contributed by atoms with Crippen molar-refractivity contribution in [3.05, 3.63) is 65.2 Å². The highest BCUT2D eigenvalue weighted by molar-refractivity contribution is 5.96. The smallest absolute Gasteiger partial charge is 0.328 e. The number of rotatable bonds is 40. The SMILES string of the molecule is CCCCOc1nc(N)c2nc(O)n(Cc3ccc(C(=O)NCCCOCCOCCOCCCNC(=O)CCCOc4ccc(/C=C/C(=O)NCC(=O)NC(C)C(=O)NC(CCC(=O)OCC)C(=O)OCC)cc4OC)cc3)c2n1. The molecule has 444 valence electrons. The zero-order valence-electron chi connectivity index (χ0n) is 46.8. The molecule has 2 aromatic heterocycles. The molecule has 2 unspecified atom stereocenters. The van der Waals surface area contributed by atoms with Gasteiger partial charge < -0.3 is 75.3 Å². The maximum Gasteiger partial charge on any atom is 0.328 e. The lowest BCUT2D eigenvalue weighted by atomic mass is 10.1. The van der Waals surface area contributed by atoms with Crippen LogP contribution in [0.25, 0.3) is 17.2 Å². The van der Waals surface area contributed by atoms with E-state index < -0.39 is 48.3 Å². The van der Waals surface area contributed by atoms with E-state index in [1.165, 1.54) is 30.8 Å². The number of aromatic hydroxyl groups is 1. The number of hydrogen-bond acceptors (Lipinski definition) is 20. The van der Waals surface area contributed by atoms with Gasteiger partial charge >= 0.3 is 17.9 Å². The second-order valence-corrected chi connectivity index (χ2v) is 18.0. The Hall–Kier alpha value is -8.10. The zero-order chi connectivity index (χ0) is 58.8. The number of carbonyl (C=O) groups is 7. The van der Waals surface area contributed by atoms with Crippen LogP contribution in [0.4, 0.5) is 5.82 Å². The average Bonchev–Trinajstić information content (AvgIpc) is 3.94. The molecule has 26 nitrogen and oxygen atoms in total. The third-order valence-electron chi connectivity index (χ3n) is 11.6. The molecule has 0 bridgehead atoms. The summed E-state index contributed by atoms with van der Waals surface area (Å²) in [5, 5.41) is 23.7. The molecule has 0 saturated heterocycles. The zero-order valence-corrected chi connectivity index (χ0v) is 46.8. The summed E-state index contributed by atoms with van der Waals surface area (Å²) in [7, 11) is 1.47. The highest BCUT2D eigenvalue weighted by Crippen LogP contribution is 2.29. The Morgan fingerprint density at radius 3 is 2.07 bits per heavy atom. The van der Waals surface area contributed by atoms with Gasteiger partial charge in [0.2, 0.25) is 23.6 Å². The van der Waals surface area contributed by atoms with Gasteiger partial charge in [-0.1, -0.05) is 31.5 Å². The molecule has 2 aromatic carbocycles. The monoisotopic (exact) mass is 1130 g/mol. The van der Waals surface area contributed by atoms with E-state index in [-0.39, 0.29) is 80.8 Å². The summed E-state index contributed by atoms with van der Waals surface area (Å²) in [5.41, 5.74) is 8.57. The van der Waals surface area contributed by atoms with E-state index in [0.29, 0.717) is 107 Å². The number of amides is 5. The van der Waals surface area contributed by atoms with E-state index in [0.717, 1.165) is 18.4 Å². The van der Waals surface area contributed by atoms with Gasteiger partial charge in [0.15, 0.2) is 28.5 Å². The van der Waals surface area contributed by atoms with Crippen LogP contribution >= 0.6 is 0 Å². The van der Waals surface area contributed by atoms with Crippen LogP contribution in [0.1, 0.15) is 101 Å². The Morgan fingerprint density at radius 2 is 1.40 bits per heavy atom. The first kappa shape index (κ1) is 65.4. The molecule has 4 rings (SSSR count). The summed E-state index contributed by atoms with van der Waals surface area (Å²) >= 11 is 0. The number of fused-ring (bicyclic) bond motifs is 1. The number of methoxy groups -OCH3 is 1. The number of unbranched alkanes of at least 4 members (excludes halogenated alkanes) is 1. The molecule has 2 heterocycles. The number of nitrogens with zero attached hydrogens (tertiary/aromatic N) is 4. The Morgan fingerprint density at radius 1 is 0.716 bits per heavy atom. The maximum absolute atomic E-state index is 12.7. The molecule has 0 aliphatic carbocycles. The number of benzene rings is 2. The van der Waals surface area contributed by atoms with E-state index >= 15 is 0 Å². The van der Waals surface area contributed by atoms with Gasteiger partial charge in [-0.15, -0.1) is 0 Å². The topological polar surface area (TPSA) is 343 Å². The Labute approximate surface area is 470 Å². The van der Waals surface area contributed by atoms with E-state index in [4.69, 9.17) is 43.6 Å². The normalized spacial score (nSPS) is 11.8. The van der Waals surface area contributed by atoms with Crippen molar-refractivity contribution in [3.8, 4) is 23.5 Å². The summed E-state index contributed by atoms with van der Waals surface area (Å²) < 4.78 is 45.1. The van der Waals surface area contributed by atoms with Crippen molar-refractivity contribution in [1.29, 1.82) is 0 Å². The highest BCUT2D eigenvalue weighted by atomic mass is 16.5. The lowest BCUT2D eigenvalue weighted by Crippen LogP contribution is -2.52. The lowest BCUT2D eigenvalue weighted by Gasteiger charge is -2.20. The number of hydrogen-bond donors (Lipinski definition) is 7. The van der Waals surface area contributed by atoms with Crippen molar-refractivity contribution in [2.75, 3.05) is 98.5 Å². The first-order valence-electron chi connectivity index (χ1n) is 27.1. The molecular weight excluding hydrogens is 1060 g/mol. The van der Waals surface area contributed by atoms with Gasteiger partial charge in [-0.2, -0.15) is 15.0 Å². The Kier molecular flexibility index (Phi) is 29.8. The highest BCUT2D eigenvalue weighted by Gasteiger charge is 2.26. The van der Waals surface area contributed by atoms with Crippen LogP contribution in [0.5, 0.6) is 23.5 Å². The van der Waals surface area contributed by atoms with Gasteiger partial charge in [0.05, 0.1) is 73.1 Å². The second kappa shape index (κ2) is 37.0. The fourth-order valence-corrected chi connectivity index (χ4v) is 7.32. The van der Waals surface area contributed by atoms with Crippen molar-refractivity contribution >= 4 is 64.5 Å². The van der Waals surface area contributed by atoms with Crippen LogP contribution in [0.2, 0.25) is 0 Å². The maximum atomic E-state index is 12.7. The van der Waals surface area contributed by atoms with Crippen molar-refractivity contribution < 1.29 is 76.6 Å². The summed E-state index contributed by atoms with van der Waals surface area (Å²) in [5.74, 6) is -2.56. The van der Waals surface area contributed by atoms with Gasteiger partial charge in [-0.3, -0.25) is 33.3 Å². The Balaban J connectivity index is 0.974. The Bertz CT molecular complexity index is 2670. The number of imidazole rings is 1. The second-order valence-electron chi connectivity index (χ2n) is 18.0. The van der Waals surface area contributed by atoms with E-state index in [1.54, 1.807) is 56.3 Å². The quantitative estimate of drug-likeness (QED) is 0.0191. The van der Waals surface area contributed by atoms with Crippen LogP contribution in [0.15, 0.2) is 48.5 Å². The number of nitrogens with one attached hydrogen (secondary N) is 5. The fourth-order valence-electron chi connectivity index (χ4n) is 7.32. The van der Waals surface area contributed by atoms with Gasteiger partial charge in [-0.05, 0) is 94.3 Å². The predicted molar refractivity (Wildman–Crippen MR) is 296 cm³/mol. The minimum absolute atomic E-state index is 0.0543. The first-order chi connectivity index (χ1) is 39.1. The standard InChI is InChI=1S/C55H78N10O16/c1-6-9-28-81-54-63-49(56)48-50(64-54)65(55(73)62-48)36-39-14-18-40(19-15-39)52(71)58-25-12-27-76-31-33-77-32-30-75-26-11-24-57-44(66)13-10-29-80-42-21-16-38(34-43(42)74-5)17-22-45(67)59-35-46(68)60-37(4)51(70)61-41(53(72)79-8-3)20-23-47(69)78-7-2/h14-19,21-22,34,37,41H,6-13,20,23-33,35-36H2,1-5H3,(H,57,66)(H,58,71)(H,59,67)(H,60,68)(H,61,70)(H,62,73)(H2,56,63,64)/b22-17+. The molecule has 26 heteroatoms. The van der Waals surface area contributed by atoms with E-state index in [9.17, 15) is 38.7 Å². The van der Waals surface area contributed by atoms with Gasteiger partial charge in [-0.25, -0.2) is 4.79 Å². The summed E-state index contributed by atoms with van der Waals surface area (Å²) in [6.45, 7) is 10.8. The summed E-state index contributed by atoms with van der Waals surface area (Å²) in [4.78, 5) is 99.5. The molecule has 81 heavy (non-hydrogen) atoms. The number of carbonyl (C=O) groups excluding carboxylic acids is 7. The molecule has 5 amide bonds. The molecule has 4 aromatic rings. The minimum Gasteiger partial charge on any atom is -0.493 e. The molecule has 0 aliphatic heterocycles. The molecule has 0 fully saturated rings. The van der Waals surface area contributed by atoms with Crippen LogP contribution in [-0.2, 0) is 59.0 Å². The predicted octanol–water partition coefficient (Wildman–Crippen LogP) is 2.91. The fraction of sp³-hybridized carbons (Fsp3) is 0.527. The van der Waals surface area contributed by atoms with Gasteiger partial charge in [0, 0.05) is 50.8 Å². The molecule has 0 aliphatic rings. The van der Waals surface area contributed by atoms with Crippen molar-refractivity contribution in [2.24, 2.45) is 0 Å². The molecular formula is C55H78N10O16. The van der Waals surface area contributed by atoms with Crippen molar-refractivity contribution in [3.63, 3.8) is 0 Å². The van der Waals surface area contributed by atoms with Gasteiger partial charge in [0.1, 0.15) is 12.1 Å². The molecule has 0 saturated carbocycles. The number of ether oxygens (including phenoxy) is 8. The number of anilines is 1. The molecule has 0 radical (unpaired) electrons. The van der Waals surface area contributed by atoms with Crippen LogP contribution in [-0.4, -0.2) is 171 Å². The summed E-state index contributed by atoms with van der Waals surface area (Å²) in [6.07, 6.45) is 6.29. The third-order valence-corrected chi connectivity index (χ3v) is 11.6. The number of esters is 2. The van der Waals surface area contributed by atoms with Gasteiger partial charge in [0.25, 0.3) is 11.9 Å².